The zero-order valence-corrected chi connectivity index (χ0v) is 11.8. The van der Waals surface area contributed by atoms with Crippen molar-refractivity contribution in [1.82, 2.24) is 0 Å². The molecule has 20 heavy (non-hydrogen) atoms. The molecule has 1 heterocycles. The van der Waals surface area contributed by atoms with Crippen molar-refractivity contribution >= 4 is 17.4 Å². The lowest BCUT2D eigenvalue weighted by Gasteiger charge is -2.31. The highest BCUT2D eigenvalue weighted by Gasteiger charge is 2.31. The molecule has 1 aromatic rings. The van der Waals surface area contributed by atoms with Crippen molar-refractivity contribution in [2.75, 3.05) is 11.4 Å². The zero-order valence-electron chi connectivity index (χ0n) is 11.8. The molecule has 1 aliphatic carbocycles. The molecule has 0 saturated heterocycles. The standard InChI is InChI=1S/C17H21NO2/c19-16-11-12-18(15-10-6-5-9-14(15)16)17(20)13-7-3-1-2-4-8-13/h5-6,9-10,13H,1-4,7-8,11-12H2. The minimum atomic E-state index is 0.152. The zero-order chi connectivity index (χ0) is 13.9. The average molecular weight is 271 g/mol. The number of fused-ring (bicyclic) bond motifs is 1. The molecule has 0 aromatic heterocycles. The number of hydrogen-bond acceptors (Lipinski definition) is 2. The van der Waals surface area contributed by atoms with Crippen LogP contribution in [0.3, 0.4) is 0 Å². The van der Waals surface area contributed by atoms with Crippen LogP contribution in [-0.4, -0.2) is 18.2 Å². The average Bonchev–Trinajstić information content (AvgIpc) is 2.76. The van der Waals surface area contributed by atoms with Crippen molar-refractivity contribution < 1.29 is 9.59 Å². The first kappa shape index (κ1) is 13.3. The van der Waals surface area contributed by atoms with Crippen LogP contribution >= 0.6 is 0 Å². The number of amides is 1. The molecule has 0 atom stereocenters. The van der Waals surface area contributed by atoms with E-state index in [1.54, 1.807) is 0 Å². The minimum absolute atomic E-state index is 0.152. The number of carbonyl (C=O) groups excluding carboxylic acids is 2. The predicted molar refractivity (Wildman–Crippen MR) is 78.9 cm³/mol. The second-order valence-corrected chi connectivity index (χ2v) is 5.87. The Morgan fingerprint density at radius 1 is 1.05 bits per heavy atom. The molecule has 3 rings (SSSR count). The van der Waals surface area contributed by atoms with E-state index in [1.165, 1.54) is 12.8 Å². The van der Waals surface area contributed by atoms with E-state index >= 15 is 0 Å². The molecule has 3 heteroatoms. The molecule has 0 radical (unpaired) electrons. The van der Waals surface area contributed by atoms with E-state index in [2.05, 4.69) is 0 Å². The highest BCUT2D eigenvalue weighted by molar-refractivity contribution is 6.09. The molecule has 3 nitrogen and oxygen atoms in total. The van der Waals surface area contributed by atoms with Crippen LogP contribution in [0.15, 0.2) is 24.3 Å². The van der Waals surface area contributed by atoms with Gasteiger partial charge in [0.2, 0.25) is 5.91 Å². The number of rotatable bonds is 1. The Kier molecular flexibility index (Phi) is 3.86. The Labute approximate surface area is 120 Å². The van der Waals surface area contributed by atoms with Gasteiger partial charge in [-0.25, -0.2) is 0 Å². The second-order valence-electron chi connectivity index (χ2n) is 5.87. The summed E-state index contributed by atoms with van der Waals surface area (Å²) in [5, 5.41) is 0. The fourth-order valence-electron chi connectivity index (χ4n) is 3.39. The molecule has 1 aliphatic heterocycles. The number of para-hydroxylation sites is 1. The molecule has 0 bridgehead atoms. The van der Waals surface area contributed by atoms with Gasteiger partial charge in [0.1, 0.15) is 0 Å². The number of hydrogen-bond donors (Lipinski definition) is 0. The Bertz CT molecular complexity index is 515. The minimum Gasteiger partial charge on any atom is -0.311 e. The van der Waals surface area contributed by atoms with Gasteiger partial charge in [-0.2, -0.15) is 0 Å². The van der Waals surface area contributed by atoms with E-state index in [-0.39, 0.29) is 17.6 Å². The van der Waals surface area contributed by atoms with Crippen LogP contribution in [0, 0.1) is 5.92 Å². The summed E-state index contributed by atoms with van der Waals surface area (Å²) in [7, 11) is 0. The van der Waals surface area contributed by atoms with Gasteiger partial charge in [-0.1, -0.05) is 37.8 Å². The SMILES string of the molecule is O=C1CCN(C(=O)C2CCCCCC2)c2ccccc21. The van der Waals surface area contributed by atoms with Crippen LogP contribution < -0.4 is 4.90 Å². The van der Waals surface area contributed by atoms with Crippen LogP contribution in [-0.2, 0) is 4.79 Å². The first-order chi connectivity index (χ1) is 9.77. The third-order valence-corrected chi connectivity index (χ3v) is 4.53. The van der Waals surface area contributed by atoms with E-state index in [9.17, 15) is 9.59 Å². The highest BCUT2D eigenvalue weighted by atomic mass is 16.2. The Hall–Kier alpha value is -1.64. The lowest BCUT2D eigenvalue weighted by molar-refractivity contribution is -0.122. The monoisotopic (exact) mass is 271 g/mol. The van der Waals surface area contributed by atoms with Gasteiger partial charge in [-0.15, -0.1) is 0 Å². The van der Waals surface area contributed by atoms with Crippen LogP contribution in [0.5, 0.6) is 0 Å². The predicted octanol–water partition coefficient (Wildman–Crippen LogP) is 3.58. The van der Waals surface area contributed by atoms with Crippen molar-refractivity contribution in [1.29, 1.82) is 0 Å². The summed E-state index contributed by atoms with van der Waals surface area (Å²) in [5.41, 5.74) is 1.53. The molecule has 0 N–H and O–H groups in total. The molecule has 0 unspecified atom stereocenters. The number of carbonyl (C=O) groups is 2. The van der Waals surface area contributed by atoms with E-state index in [0.29, 0.717) is 18.5 Å². The smallest absolute Gasteiger partial charge is 0.230 e. The van der Waals surface area contributed by atoms with E-state index in [4.69, 9.17) is 0 Å². The topological polar surface area (TPSA) is 37.4 Å². The fraction of sp³-hybridized carbons (Fsp3) is 0.529. The number of benzene rings is 1. The molecule has 2 aliphatic rings. The van der Waals surface area contributed by atoms with Gasteiger partial charge in [-0.3, -0.25) is 9.59 Å². The van der Waals surface area contributed by atoms with Gasteiger partial charge in [0, 0.05) is 24.4 Å². The van der Waals surface area contributed by atoms with Crippen molar-refractivity contribution in [3.8, 4) is 0 Å². The van der Waals surface area contributed by atoms with Crippen LogP contribution in [0.25, 0.3) is 0 Å². The lowest BCUT2D eigenvalue weighted by atomic mass is 9.95. The number of anilines is 1. The number of ketones is 1. The van der Waals surface area contributed by atoms with Crippen LogP contribution in [0.2, 0.25) is 0 Å². The van der Waals surface area contributed by atoms with Crippen molar-refractivity contribution in [2.24, 2.45) is 5.92 Å². The van der Waals surface area contributed by atoms with E-state index < -0.39 is 0 Å². The van der Waals surface area contributed by atoms with E-state index in [0.717, 1.165) is 31.4 Å². The molecule has 1 saturated carbocycles. The van der Waals surface area contributed by atoms with Crippen molar-refractivity contribution in [3.05, 3.63) is 29.8 Å². The fourth-order valence-corrected chi connectivity index (χ4v) is 3.39. The summed E-state index contributed by atoms with van der Waals surface area (Å²) in [6, 6.07) is 7.52. The second kappa shape index (κ2) is 5.78. The summed E-state index contributed by atoms with van der Waals surface area (Å²) in [5.74, 6) is 0.538. The molecule has 1 amide bonds. The van der Waals surface area contributed by atoms with Gasteiger partial charge in [0.05, 0.1) is 5.69 Å². The maximum Gasteiger partial charge on any atom is 0.230 e. The number of Topliss-reactive ketones (excluding diaryl/α,β-unsaturated/α-hetero) is 1. The maximum absolute atomic E-state index is 12.8. The molecule has 0 spiro atoms. The highest BCUT2D eigenvalue weighted by Crippen LogP contribution is 2.31. The maximum atomic E-state index is 12.8. The first-order valence-electron chi connectivity index (χ1n) is 7.71. The molecular weight excluding hydrogens is 250 g/mol. The lowest BCUT2D eigenvalue weighted by Crippen LogP contribution is -2.41. The van der Waals surface area contributed by atoms with Crippen LogP contribution in [0.1, 0.15) is 55.3 Å². The third-order valence-electron chi connectivity index (χ3n) is 4.53. The third kappa shape index (κ3) is 2.49. The molecular formula is C17H21NO2. The Morgan fingerprint density at radius 2 is 1.75 bits per heavy atom. The van der Waals surface area contributed by atoms with Gasteiger partial charge < -0.3 is 4.90 Å². The van der Waals surface area contributed by atoms with Gasteiger partial charge >= 0.3 is 0 Å². The number of nitrogens with zero attached hydrogens (tertiary/aromatic N) is 1. The van der Waals surface area contributed by atoms with Gasteiger partial charge in [-0.05, 0) is 25.0 Å². The Morgan fingerprint density at radius 3 is 2.50 bits per heavy atom. The molecule has 1 aromatic carbocycles. The van der Waals surface area contributed by atoms with Crippen molar-refractivity contribution in [2.45, 2.75) is 44.9 Å². The molecule has 1 fully saturated rings. The normalized spacial score (nSPS) is 20.4. The summed E-state index contributed by atoms with van der Waals surface area (Å²) in [4.78, 5) is 26.6. The van der Waals surface area contributed by atoms with Gasteiger partial charge in [0.25, 0.3) is 0 Å². The van der Waals surface area contributed by atoms with E-state index in [1.807, 2.05) is 29.2 Å². The van der Waals surface area contributed by atoms with Crippen LogP contribution in [0.4, 0.5) is 5.69 Å². The quantitative estimate of drug-likeness (QED) is 0.732. The largest absolute Gasteiger partial charge is 0.311 e. The Balaban J connectivity index is 1.85. The summed E-state index contributed by atoms with van der Waals surface area (Å²) < 4.78 is 0. The summed E-state index contributed by atoms with van der Waals surface area (Å²) >= 11 is 0. The first-order valence-corrected chi connectivity index (χ1v) is 7.71. The summed E-state index contributed by atoms with van der Waals surface area (Å²) in [6.45, 7) is 0.547. The van der Waals surface area contributed by atoms with Gasteiger partial charge in [0.15, 0.2) is 5.78 Å². The molecule has 106 valence electrons. The van der Waals surface area contributed by atoms with Crippen molar-refractivity contribution in [3.63, 3.8) is 0 Å². The summed E-state index contributed by atoms with van der Waals surface area (Å²) in [6.07, 6.45) is 7.28.